The first kappa shape index (κ1) is 20.6. The maximum absolute atomic E-state index is 12.4. The molecule has 0 aromatic heterocycles. The monoisotopic (exact) mass is 387 g/mol. The van der Waals surface area contributed by atoms with Crippen molar-refractivity contribution in [3.63, 3.8) is 0 Å². The van der Waals surface area contributed by atoms with Crippen molar-refractivity contribution >= 4 is 12.0 Å². The summed E-state index contributed by atoms with van der Waals surface area (Å²) in [4.78, 5) is 25.3. The summed E-state index contributed by atoms with van der Waals surface area (Å²) in [5.74, 6) is -0.795. The van der Waals surface area contributed by atoms with E-state index in [2.05, 4.69) is 34.9 Å². The minimum atomic E-state index is -0.795. The number of hydrogen-bond acceptors (Lipinski definition) is 3. The summed E-state index contributed by atoms with van der Waals surface area (Å²) in [6, 6.07) is 10.8. The maximum atomic E-state index is 12.4. The summed E-state index contributed by atoms with van der Waals surface area (Å²) >= 11 is 0. The minimum Gasteiger partial charge on any atom is -0.480 e. The van der Waals surface area contributed by atoms with Gasteiger partial charge in [0.05, 0.1) is 6.54 Å². The largest absolute Gasteiger partial charge is 0.480 e. The van der Waals surface area contributed by atoms with Gasteiger partial charge < -0.3 is 15.7 Å². The van der Waals surface area contributed by atoms with Crippen molar-refractivity contribution in [3.05, 3.63) is 35.9 Å². The third-order valence-electron chi connectivity index (χ3n) is 6.42. The number of nitrogens with one attached hydrogen (secondary N) is 2. The van der Waals surface area contributed by atoms with Crippen LogP contribution in [0, 0.1) is 5.41 Å². The number of carboxylic acids is 1. The zero-order valence-corrected chi connectivity index (χ0v) is 16.8. The molecule has 2 saturated carbocycles. The van der Waals surface area contributed by atoms with Crippen molar-refractivity contribution < 1.29 is 14.7 Å². The molecule has 6 heteroatoms. The lowest BCUT2D eigenvalue weighted by atomic mass is 9.80. The Morgan fingerprint density at radius 3 is 2.46 bits per heavy atom. The van der Waals surface area contributed by atoms with Crippen LogP contribution in [0.5, 0.6) is 0 Å². The number of carboxylic acid groups (broad SMARTS) is 1. The topological polar surface area (TPSA) is 81.7 Å². The van der Waals surface area contributed by atoms with Crippen LogP contribution in [-0.2, 0) is 11.2 Å². The Labute approximate surface area is 167 Å². The first-order valence-electron chi connectivity index (χ1n) is 10.5. The second-order valence-corrected chi connectivity index (χ2v) is 8.48. The molecule has 28 heavy (non-hydrogen) atoms. The van der Waals surface area contributed by atoms with E-state index in [1.165, 1.54) is 18.4 Å². The van der Waals surface area contributed by atoms with E-state index in [-0.39, 0.29) is 30.1 Å². The average Bonchev–Trinajstić information content (AvgIpc) is 3.10. The molecule has 0 spiro atoms. The SMILES string of the molecule is CCN(CC(=O)O)C1CC(NC(=O)NCC2(Cc3ccccc3)CCCC2)C1. The number of likely N-dealkylation sites (N-methyl/N-ethyl adjacent to an activating group) is 1. The molecule has 2 amide bonds. The fourth-order valence-corrected chi connectivity index (χ4v) is 4.75. The first-order valence-corrected chi connectivity index (χ1v) is 10.5. The van der Waals surface area contributed by atoms with E-state index < -0.39 is 5.97 Å². The number of benzene rings is 1. The number of carbonyl (C=O) groups excluding carboxylic acids is 1. The van der Waals surface area contributed by atoms with Gasteiger partial charge in [0.1, 0.15) is 0 Å². The van der Waals surface area contributed by atoms with Gasteiger partial charge >= 0.3 is 12.0 Å². The highest BCUT2D eigenvalue weighted by atomic mass is 16.4. The number of hydrogen-bond donors (Lipinski definition) is 3. The van der Waals surface area contributed by atoms with Crippen LogP contribution >= 0.6 is 0 Å². The van der Waals surface area contributed by atoms with Crippen LogP contribution in [0.2, 0.25) is 0 Å². The summed E-state index contributed by atoms with van der Waals surface area (Å²) in [5, 5.41) is 15.2. The molecule has 0 unspecified atom stereocenters. The van der Waals surface area contributed by atoms with Crippen LogP contribution in [0.25, 0.3) is 0 Å². The van der Waals surface area contributed by atoms with E-state index in [4.69, 9.17) is 5.11 Å². The van der Waals surface area contributed by atoms with Crippen molar-refractivity contribution in [2.45, 2.75) is 64.0 Å². The Bertz CT molecular complexity index is 652. The molecule has 0 saturated heterocycles. The molecule has 6 nitrogen and oxygen atoms in total. The second kappa shape index (κ2) is 9.41. The van der Waals surface area contributed by atoms with Crippen LogP contribution in [-0.4, -0.2) is 53.7 Å². The van der Waals surface area contributed by atoms with Gasteiger partial charge in [0.25, 0.3) is 0 Å². The number of amides is 2. The number of urea groups is 1. The van der Waals surface area contributed by atoms with Gasteiger partial charge in [-0.25, -0.2) is 4.79 Å². The summed E-state index contributed by atoms with van der Waals surface area (Å²) in [7, 11) is 0. The normalized spacial score (nSPS) is 23.2. The molecule has 0 heterocycles. The summed E-state index contributed by atoms with van der Waals surface area (Å²) < 4.78 is 0. The average molecular weight is 388 g/mol. The molecule has 3 rings (SSSR count). The van der Waals surface area contributed by atoms with Gasteiger partial charge in [-0.05, 0) is 49.6 Å². The number of carbonyl (C=O) groups is 2. The molecule has 3 N–H and O–H groups in total. The lowest BCUT2D eigenvalue weighted by molar-refractivity contribution is -0.139. The zero-order chi connectivity index (χ0) is 20.0. The molecule has 2 aliphatic rings. The fraction of sp³-hybridized carbons (Fsp3) is 0.636. The zero-order valence-electron chi connectivity index (χ0n) is 16.8. The van der Waals surface area contributed by atoms with E-state index in [0.717, 1.165) is 38.6 Å². The summed E-state index contributed by atoms with van der Waals surface area (Å²) in [6.45, 7) is 3.48. The smallest absolute Gasteiger partial charge is 0.317 e. The predicted octanol–water partition coefficient (Wildman–Crippen LogP) is 3.03. The van der Waals surface area contributed by atoms with Gasteiger partial charge in [-0.3, -0.25) is 9.69 Å². The maximum Gasteiger partial charge on any atom is 0.317 e. The molecular formula is C22H33N3O3. The van der Waals surface area contributed by atoms with Crippen molar-refractivity contribution in [3.8, 4) is 0 Å². The highest BCUT2D eigenvalue weighted by molar-refractivity contribution is 5.74. The van der Waals surface area contributed by atoms with Crippen molar-refractivity contribution in [2.24, 2.45) is 5.41 Å². The van der Waals surface area contributed by atoms with Crippen LogP contribution in [0.3, 0.4) is 0 Å². The molecule has 0 radical (unpaired) electrons. The van der Waals surface area contributed by atoms with Gasteiger partial charge in [-0.2, -0.15) is 0 Å². The molecule has 2 fully saturated rings. The third kappa shape index (κ3) is 5.47. The van der Waals surface area contributed by atoms with E-state index in [1.54, 1.807) is 0 Å². The molecule has 1 aromatic carbocycles. The van der Waals surface area contributed by atoms with Crippen LogP contribution in [0.4, 0.5) is 4.79 Å². The van der Waals surface area contributed by atoms with Crippen molar-refractivity contribution in [1.29, 1.82) is 0 Å². The molecule has 154 valence electrons. The molecule has 1 aromatic rings. The van der Waals surface area contributed by atoms with Gasteiger partial charge in [0, 0.05) is 18.6 Å². The number of aliphatic carboxylic acids is 1. The van der Waals surface area contributed by atoms with E-state index in [0.29, 0.717) is 6.54 Å². The second-order valence-electron chi connectivity index (χ2n) is 8.48. The highest BCUT2D eigenvalue weighted by Gasteiger charge is 2.36. The van der Waals surface area contributed by atoms with E-state index in [1.807, 2.05) is 17.9 Å². The quantitative estimate of drug-likeness (QED) is 0.608. The molecule has 0 aliphatic heterocycles. The standard InChI is InChI=1S/C22H33N3O3/c1-2-25(15-20(26)27)19-12-18(13-19)24-21(28)23-16-22(10-6-7-11-22)14-17-8-4-3-5-9-17/h3-5,8-9,18-19H,2,6-7,10-16H2,1H3,(H,26,27)(H2,23,24,28). The minimum absolute atomic E-state index is 0.0715. The third-order valence-corrected chi connectivity index (χ3v) is 6.42. The van der Waals surface area contributed by atoms with Gasteiger partial charge in [-0.15, -0.1) is 0 Å². The first-order chi connectivity index (χ1) is 13.5. The van der Waals surface area contributed by atoms with Gasteiger partial charge in [-0.1, -0.05) is 50.1 Å². The van der Waals surface area contributed by atoms with E-state index in [9.17, 15) is 9.59 Å². The highest BCUT2D eigenvalue weighted by Crippen LogP contribution is 2.40. The van der Waals surface area contributed by atoms with Crippen LogP contribution in [0.15, 0.2) is 30.3 Å². The predicted molar refractivity (Wildman–Crippen MR) is 109 cm³/mol. The lowest BCUT2D eigenvalue weighted by Gasteiger charge is -2.42. The molecule has 0 atom stereocenters. The lowest BCUT2D eigenvalue weighted by Crippen LogP contribution is -2.56. The Morgan fingerprint density at radius 2 is 1.86 bits per heavy atom. The number of rotatable bonds is 9. The van der Waals surface area contributed by atoms with Crippen molar-refractivity contribution in [1.82, 2.24) is 15.5 Å². The number of nitrogens with zero attached hydrogens (tertiary/aromatic N) is 1. The van der Waals surface area contributed by atoms with Gasteiger partial charge in [0.2, 0.25) is 0 Å². The molecule has 2 aliphatic carbocycles. The summed E-state index contributed by atoms with van der Waals surface area (Å²) in [6.07, 6.45) is 7.45. The van der Waals surface area contributed by atoms with Crippen LogP contribution in [0.1, 0.15) is 51.0 Å². The van der Waals surface area contributed by atoms with E-state index >= 15 is 0 Å². The molecule has 0 bridgehead atoms. The summed E-state index contributed by atoms with van der Waals surface area (Å²) in [5.41, 5.74) is 1.51. The Morgan fingerprint density at radius 1 is 1.18 bits per heavy atom. The fourth-order valence-electron chi connectivity index (χ4n) is 4.75. The Kier molecular flexibility index (Phi) is 6.94. The van der Waals surface area contributed by atoms with Gasteiger partial charge in [0.15, 0.2) is 0 Å². The Hall–Kier alpha value is -2.08. The molecular weight excluding hydrogens is 354 g/mol. The van der Waals surface area contributed by atoms with Crippen LogP contribution < -0.4 is 10.6 Å². The Balaban J connectivity index is 1.43. The van der Waals surface area contributed by atoms with Crippen molar-refractivity contribution in [2.75, 3.05) is 19.6 Å².